The summed E-state index contributed by atoms with van der Waals surface area (Å²) < 4.78 is 0. The molecule has 4 heteroatoms. The van der Waals surface area contributed by atoms with E-state index in [-0.39, 0.29) is 5.54 Å². The average molecular weight is 316 g/mol. The zero-order chi connectivity index (χ0) is 17.3. The largest absolute Gasteiger partial charge is 0.378 e. The van der Waals surface area contributed by atoms with Crippen LogP contribution in [0.2, 0.25) is 0 Å². The normalized spacial score (nSPS) is 19.3. The van der Waals surface area contributed by atoms with Crippen LogP contribution in [0.25, 0.3) is 0 Å². The summed E-state index contributed by atoms with van der Waals surface area (Å²) in [7, 11) is 6.00. The predicted molar refractivity (Wildman–Crippen MR) is 100 cm³/mol. The number of hydrogen-bond acceptors (Lipinski definition) is 2. The summed E-state index contributed by atoms with van der Waals surface area (Å²) >= 11 is 0. The van der Waals surface area contributed by atoms with Crippen molar-refractivity contribution < 1.29 is 0 Å². The maximum atomic E-state index is 4.46. The Bertz CT molecular complexity index is 555. The van der Waals surface area contributed by atoms with E-state index in [1.54, 1.807) is 0 Å². The first kappa shape index (κ1) is 17.6. The second kappa shape index (κ2) is 6.42. The number of aliphatic imine (C=N–C) groups is 1. The number of anilines is 1. The van der Waals surface area contributed by atoms with Crippen molar-refractivity contribution in [1.82, 2.24) is 10.2 Å². The fraction of sp³-hybridized carbons (Fsp3) is 0.632. The summed E-state index contributed by atoms with van der Waals surface area (Å²) in [6.45, 7) is 11.2. The SMILES string of the molecule is CN=C(NCCc1ccc(N(C)C)cc1)N1CC(C)(C)C1(C)C. The molecule has 2 rings (SSSR count). The zero-order valence-corrected chi connectivity index (χ0v) is 15.8. The van der Waals surface area contributed by atoms with Crippen molar-refractivity contribution in [3.05, 3.63) is 29.8 Å². The summed E-state index contributed by atoms with van der Waals surface area (Å²) in [6.07, 6.45) is 1.00. The fourth-order valence-electron chi connectivity index (χ4n) is 2.97. The third kappa shape index (κ3) is 3.46. The smallest absolute Gasteiger partial charge is 0.194 e. The highest BCUT2D eigenvalue weighted by atomic mass is 15.4. The molecule has 0 amide bonds. The predicted octanol–water partition coefficient (Wildman–Crippen LogP) is 2.99. The van der Waals surface area contributed by atoms with Crippen LogP contribution < -0.4 is 10.2 Å². The quantitative estimate of drug-likeness (QED) is 0.684. The Hall–Kier alpha value is -1.71. The van der Waals surface area contributed by atoms with Crippen LogP contribution in [0, 0.1) is 5.41 Å². The van der Waals surface area contributed by atoms with Gasteiger partial charge in [0.2, 0.25) is 0 Å². The summed E-state index contributed by atoms with van der Waals surface area (Å²) in [5.74, 6) is 1.01. The Morgan fingerprint density at radius 1 is 1.17 bits per heavy atom. The van der Waals surface area contributed by atoms with Crippen molar-refractivity contribution >= 4 is 11.6 Å². The van der Waals surface area contributed by atoms with E-state index in [0.717, 1.165) is 25.5 Å². The highest BCUT2D eigenvalue weighted by molar-refractivity contribution is 5.82. The van der Waals surface area contributed by atoms with Crippen molar-refractivity contribution in [1.29, 1.82) is 0 Å². The molecule has 0 saturated carbocycles. The number of benzene rings is 1. The zero-order valence-electron chi connectivity index (χ0n) is 15.8. The van der Waals surface area contributed by atoms with Crippen LogP contribution in [0.4, 0.5) is 5.69 Å². The van der Waals surface area contributed by atoms with E-state index >= 15 is 0 Å². The van der Waals surface area contributed by atoms with Gasteiger partial charge in [-0.3, -0.25) is 4.99 Å². The van der Waals surface area contributed by atoms with Crippen molar-refractivity contribution in [2.45, 2.75) is 39.7 Å². The van der Waals surface area contributed by atoms with Crippen molar-refractivity contribution in [3.63, 3.8) is 0 Å². The lowest BCUT2D eigenvalue weighted by atomic mass is 9.65. The van der Waals surface area contributed by atoms with Gasteiger partial charge in [0.05, 0.1) is 0 Å². The van der Waals surface area contributed by atoms with Crippen LogP contribution in [0.1, 0.15) is 33.3 Å². The Kier molecular flexibility index (Phi) is 4.92. The monoisotopic (exact) mass is 316 g/mol. The second-order valence-electron chi connectivity index (χ2n) is 7.81. The Balaban J connectivity index is 1.88. The van der Waals surface area contributed by atoms with Gasteiger partial charge in [0, 0.05) is 50.9 Å². The maximum Gasteiger partial charge on any atom is 0.194 e. The summed E-state index contributed by atoms with van der Waals surface area (Å²) in [5.41, 5.74) is 3.05. The van der Waals surface area contributed by atoms with Crippen LogP contribution in [-0.2, 0) is 6.42 Å². The summed E-state index contributed by atoms with van der Waals surface area (Å²) in [4.78, 5) is 8.96. The van der Waals surface area contributed by atoms with Gasteiger partial charge >= 0.3 is 0 Å². The fourth-order valence-corrected chi connectivity index (χ4v) is 2.97. The lowest BCUT2D eigenvalue weighted by molar-refractivity contribution is -0.0666. The van der Waals surface area contributed by atoms with Gasteiger partial charge < -0.3 is 15.1 Å². The molecule has 1 aliphatic rings. The lowest BCUT2D eigenvalue weighted by Gasteiger charge is -2.62. The van der Waals surface area contributed by atoms with Crippen LogP contribution >= 0.6 is 0 Å². The molecule has 1 fully saturated rings. The van der Waals surface area contributed by atoms with Crippen LogP contribution in [0.5, 0.6) is 0 Å². The molecule has 0 atom stereocenters. The van der Waals surface area contributed by atoms with Gasteiger partial charge in [0.1, 0.15) is 0 Å². The van der Waals surface area contributed by atoms with Crippen molar-refractivity contribution in [2.24, 2.45) is 10.4 Å². The standard InChI is InChI=1S/C19H32N4/c1-18(2)14-23(19(18,3)4)17(20-5)21-13-12-15-8-10-16(11-9-15)22(6)7/h8-11H,12-14H2,1-7H3,(H,20,21). The molecular formula is C19H32N4. The number of nitrogens with zero attached hydrogens (tertiary/aromatic N) is 3. The van der Waals surface area contributed by atoms with Crippen molar-refractivity contribution in [3.8, 4) is 0 Å². The molecule has 1 aromatic rings. The minimum atomic E-state index is 0.141. The molecule has 4 nitrogen and oxygen atoms in total. The highest BCUT2D eigenvalue weighted by Crippen LogP contribution is 2.46. The molecule has 23 heavy (non-hydrogen) atoms. The van der Waals surface area contributed by atoms with E-state index in [9.17, 15) is 0 Å². The molecule has 1 aromatic carbocycles. The molecule has 1 N–H and O–H groups in total. The maximum absolute atomic E-state index is 4.46. The highest BCUT2D eigenvalue weighted by Gasteiger charge is 2.53. The van der Waals surface area contributed by atoms with Crippen LogP contribution in [-0.4, -0.2) is 50.6 Å². The number of hydrogen-bond donors (Lipinski definition) is 1. The molecule has 0 unspecified atom stereocenters. The van der Waals surface area contributed by atoms with Gasteiger partial charge in [-0.15, -0.1) is 0 Å². The van der Waals surface area contributed by atoms with E-state index in [1.807, 2.05) is 7.05 Å². The second-order valence-corrected chi connectivity index (χ2v) is 7.81. The first-order valence-electron chi connectivity index (χ1n) is 8.43. The van der Waals surface area contributed by atoms with E-state index in [4.69, 9.17) is 0 Å². The average Bonchev–Trinajstić information content (AvgIpc) is 2.50. The number of nitrogens with one attached hydrogen (secondary N) is 1. The summed E-state index contributed by atoms with van der Waals surface area (Å²) in [5, 5.41) is 3.52. The number of guanidine groups is 1. The molecule has 1 aliphatic heterocycles. The summed E-state index contributed by atoms with van der Waals surface area (Å²) in [6, 6.07) is 8.75. The Morgan fingerprint density at radius 2 is 1.78 bits per heavy atom. The van der Waals surface area contributed by atoms with E-state index < -0.39 is 0 Å². The van der Waals surface area contributed by atoms with Crippen LogP contribution in [0.15, 0.2) is 29.3 Å². The topological polar surface area (TPSA) is 30.9 Å². The van der Waals surface area contributed by atoms with Gasteiger partial charge in [0.25, 0.3) is 0 Å². The van der Waals surface area contributed by atoms with Crippen molar-refractivity contribution in [2.75, 3.05) is 39.1 Å². The Labute approximate surface area is 141 Å². The van der Waals surface area contributed by atoms with E-state index in [1.165, 1.54) is 11.3 Å². The van der Waals surface area contributed by atoms with Gasteiger partial charge in [-0.05, 0) is 38.0 Å². The van der Waals surface area contributed by atoms with Gasteiger partial charge in [-0.1, -0.05) is 26.0 Å². The molecule has 0 aromatic heterocycles. The molecule has 0 aliphatic carbocycles. The molecule has 1 saturated heterocycles. The van der Waals surface area contributed by atoms with Gasteiger partial charge in [-0.2, -0.15) is 0 Å². The minimum Gasteiger partial charge on any atom is -0.378 e. The molecule has 0 bridgehead atoms. The first-order chi connectivity index (χ1) is 10.7. The molecule has 0 spiro atoms. The molecule has 1 heterocycles. The van der Waals surface area contributed by atoms with Gasteiger partial charge in [-0.25, -0.2) is 0 Å². The third-order valence-electron chi connectivity index (χ3n) is 5.50. The molecular weight excluding hydrogens is 284 g/mol. The lowest BCUT2D eigenvalue weighted by Crippen LogP contribution is -2.72. The Morgan fingerprint density at radius 3 is 2.22 bits per heavy atom. The third-order valence-corrected chi connectivity index (χ3v) is 5.50. The van der Waals surface area contributed by atoms with E-state index in [0.29, 0.717) is 5.41 Å². The van der Waals surface area contributed by atoms with E-state index in [2.05, 4.69) is 86.2 Å². The minimum absolute atomic E-state index is 0.141. The number of likely N-dealkylation sites (tertiary alicyclic amines) is 1. The molecule has 128 valence electrons. The van der Waals surface area contributed by atoms with Gasteiger partial charge in [0.15, 0.2) is 5.96 Å². The molecule has 0 radical (unpaired) electrons. The first-order valence-corrected chi connectivity index (χ1v) is 8.43. The number of rotatable bonds is 4. The van der Waals surface area contributed by atoms with Crippen LogP contribution in [0.3, 0.4) is 0 Å².